The lowest BCUT2D eigenvalue weighted by atomic mass is 10.1. The van der Waals surface area contributed by atoms with Gasteiger partial charge in [-0.05, 0) is 39.8 Å². The van der Waals surface area contributed by atoms with E-state index >= 15 is 0 Å². The molecule has 3 aromatic rings. The third kappa shape index (κ3) is 4.95. The number of aromatic nitrogens is 3. The average Bonchev–Trinajstić information content (AvgIpc) is 3.01. The minimum Gasteiger partial charge on any atom is -0.383 e. The summed E-state index contributed by atoms with van der Waals surface area (Å²) >= 11 is 1.38. The Balaban J connectivity index is 1.76. The van der Waals surface area contributed by atoms with Crippen molar-refractivity contribution in [2.24, 2.45) is 0 Å². The molecule has 0 saturated heterocycles. The van der Waals surface area contributed by atoms with Gasteiger partial charge >= 0.3 is 0 Å². The molecule has 0 spiro atoms. The Bertz CT molecular complexity index is 999. The number of ether oxygens (including phenoxy) is 1. The van der Waals surface area contributed by atoms with Crippen LogP contribution in [0.15, 0.2) is 47.6 Å². The Morgan fingerprint density at radius 3 is 2.55 bits per heavy atom. The normalized spacial score (nSPS) is 12.2. The van der Waals surface area contributed by atoms with E-state index in [1.807, 2.05) is 63.2 Å². The number of rotatable bonds is 8. The van der Waals surface area contributed by atoms with Crippen LogP contribution in [0.4, 0.5) is 0 Å². The average molecular weight is 410 g/mol. The summed E-state index contributed by atoms with van der Waals surface area (Å²) in [6.45, 7) is 8.67. The Morgan fingerprint density at radius 1 is 1.14 bits per heavy atom. The zero-order valence-corrected chi connectivity index (χ0v) is 18.4. The van der Waals surface area contributed by atoms with Crippen molar-refractivity contribution in [2.75, 3.05) is 19.5 Å². The van der Waals surface area contributed by atoms with Gasteiger partial charge in [-0.15, -0.1) is 0 Å². The highest BCUT2D eigenvalue weighted by molar-refractivity contribution is 7.99. The minimum absolute atomic E-state index is 0.0883. The molecule has 0 aliphatic rings. The summed E-state index contributed by atoms with van der Waals surface area (Å²) in [5.74, 6) is 0.394. The van der Waals surface area contributed by atoms with E-state index in [1.54, 1.807) is 7.11 Å². The molecule has 3 rings (SSSR count). The zero-order chi connectivity index (χ0) is 21.0. The fraction of sp³-hybridized carbons (Fsp3) is 0.348. The number of thioether (sulfide) groups is 1. The fourth-order valence-corrected chi connectivity index (χ4v) is 4.41. The van der Waals surface area contributed by atoms with E-state index in [9.17, 15) is 4.79 Å². The molecule has 0 aliphatic carbocycles. The number of aryl methyl sites for hydroxylation is 2. The number of hydrogen-bond acceptors (Lipinski definition) is 5. The second-order valence-electron chi connectivity index (χ2n) is 7.21. The first-order valence-corrected chi connectivity index (χ1v) is 10.6. The predicted molar refractivity (Wildman–Crippen MR) is 118 cm³/mol. The summed E-state index contributed by atoms with van der Waals surface area (Å²) < 4.78 is 7.44. The fourth-order valence-electron chi connectivity index (χ4n) is 3.62. The molecule has 152 valence electrons. The van der Waals surface area contributed by atoms with Crippen LogP contribution in [0.25, 0.3) is 11.3 Å². The number of ketones is 1. The molecule has 1 aromatic carbocycles. The van der Waals surface area contributed by atoms with E-state index in [2.05, 4.69) is 21.5 Å². The maximum absolute atomic E-state index is 12.9. The van der Waals surface area contributed by atoms with Crippen molar-refractivity contribution in [1.82, 2.24) is 14.5 Å². The molecule has 0 aliphatic heterocycles. The van der Waals surface area contributed by atoms with E-state index < -0.39 is 0 Å². The number of nitrogens with zero attached hydrogens (tertiary/aromatic N) is 3. The summed E-state index contributed by atoms with van der Waals surface area (Å²) in [4.78, 5) is 22.0. The van der Waals surface area contributed by atoms with Crippen molar-refractivity contribution in [3.8, 4) is 11.3 Å². The molecule has 0 saturated carbocycles. The van der Waals surface area contributed by atoms with Crippen LogP contribution < -0.4 is 0 Å². The van der Waals surface area contributed by atoms with Gasteiger partial charge in [0.1, 0.15) is 0 Å². The number of Topliss-reactive ketones (excluding diaryl/α,β-unsaturated/α-hetero) is 1. The van der Waals surface area contributed by atoms with Crippen LogP contribution in [0.1, 0.15) is 40.4 Å². The summed E-state index contributed by atoms with van der Waals surface area (Å²) in [7, 11) is 1.69. The summed E-state index contributed by atoms with van der Waals surface area (Å²) in [6.07, 6.45) is 0. The number of carbonyl (C=O) groups is 1. The number of carbonyl (C=O) groups excluding carboxylic acids is 1. The van der Waals surface area contributed by atoms with Gasteiger partial charge in [0.2, 0.25) is 0 Å². The van der Waals surface area contributed by atoms with Crippen LogP contribution in [0, 0.1) is 20.8 Å². The van der Waals surface area contributed by atoms with Crippen LogP contribution >= 0.6 is 11.8 Å². The first kappa shape index (κ1) is 21.3. The molecule has 0 radical (unpaired) electrons. The van der Waals surface area contributed by atoms with Crippen LogP contribution in [-0.4, -0.2) is 39.8 Å². The lowest BCUT2D eigenvalue weighted by molar-refractivity contribution is 0.102. The molecular formula is C23H27N3O2S. The van der Waals surface area contributed by atoms with E-state index in [-0.39, 0.29) is 11.8 Å². The van der Waals surface area contributed by atoms with Crippen LogP contribution in [0.2, 0.25) is 0 Å². The quantitative estimate of drug-likeness (QED) is 0.296. The minimum atomic E-state index is 0.0883. The lowest BCUT2D eigenvalue weighted by Crippen LogP contribution is -2.14. The van der Waals surface area contributed by atoms with Crippen molar-refractivity contribution < 1.29 is 9.53 Å². The van der Waals surface area contributed by atoms with Crippen LogP contribution in [0.5, 0.6) is 0 Å². The molecule has 5 nitrogen and oxygen atoms in total. The summed E-state index contributed by atoms with van der Waals surface area (Å²) in [5.41, 5.74) is 5.61. The molecule has 0 unspecified atom stereocenters. The van der Waals surface area contributed by atoms with Crippen molar-refractivity contribution in [3.05, 3.63) is 65.1 Å². The van der Waals surface area contributed by atoms with E-state index in [0.29, 0.717) is 17.5 Å². The topological polar surface area (TPSA) is 57.0 Å². The molecule has 2 aromatic heterocycles. The molecule has 1 atom stereocenters. The highest BCUT2D eigenvalue weighted by Gasteiger charge is 2.19. The van der Waals surface area contributed by atoms with Gasteiger partial charge in [-0.25, -0.2) is 9.97 Å². The molecule has 0 bridgehead atoms. The Morgan fingerprint density at radius 2 is 1.86 bits per heavy atom. The highest BCUT2D eigenvalue weighted by atomic mass is 32.2. The monoisotopic (exact) mass is 409 g/mol. The van der Waals surface area contributed by atoms with Crippen LogP contribution in [0.3, 0.4) is 0 Å². The molecular weight excluding hydrogens is 382 g/mol. The van der Waals surface area contributed by atoms with E-state index in [4.69, 9.17) is 4.74 Å². The van der Waals surface area contributed by atoms with Crippen molar-refractivity contribution in [3.63, 3.8) is 0 Å². The highest BCUT2D eigenvalue weighted by Crippen LogP contribution is 2.25. The maximum atomic E-state index is 12.9. The number of methoxy groups -OCH3 is 1. The maximum Gasteiger partial charge on any atom is 0.188 e. The second kappa shape index (κ2) is 9.37. The summed E-state index contributed by atoms with van der Waals surface area (Å²) in [6, 6.07) is 14.1. The van der Waals surface area contributed by atoms with Crippen molar-refractivity contribution in [1.29, 1.82) is 0 Å². The Hall–Kier alpha value is -2.44. The Labute approximate surface area is 176 Å². The van der Waals surface area contributed by atoms with Gasteiger partial charge < -0.3 is 9.30 Å². The van der Waals surface area contributed by atoms with Gasteiger partial charge in [0, 0.05) is 35.3 Å². The van der Waals surface area contributed by atoms with Gasteiger partial charge in [0.25, 0.3) is 0 Å². The SMILES string of the molecule is COC[C@H](C)n1c(C)cc(C(=O)CSc2nc(C)cc(-c3ccccc3)n2)c1C. The van der Waals surface area contributed by atoms with Gasteiger partial charge in [-0.1, -0.05) is 42.1 Å². The standard InChI is InChI=1S/C23H27N3O2S/c1-15-11-21(19-9-7-6-8-10-19)25-23(24-15)29-14-22(27)20-12-16(2)26(18(20)4)17(3)13-28-5/h6-12,17H,13-14H2,1-5H3/t17-/m0/s1. The Kier molecular flexibility index (Phi) is 6.87. The van der Waals surface area contributed by atoms with Gasteiger partial charge in [-0.3, -0.25) is 4.79 Å². The van der Waals surface area contributed by atoms with Crippen LogP contribution in [-0.2, 0) is 4.74 Å². The smallest absolute Gasteiger partial charge is 0.188 e. The molecule has 6 heteroatoms. The molecule has 0 N–H and O–H groups in total. The molecule has 0 fully saturated rings. The van der Waals surface area contributed by atoms with Crippen molar-refractivity contribution in [2.45, 2.75) is 38.9 Å². The third-order valence-electron chi connectivity index (χ3n) is 4.87. The second-order valence-corrected chi connectivity index (χ2v) is 8.16. The predicted octanol–water partition coefficient (Wildman–Crippen LogP) is 5.05. The van der Waals surface area contributed by atoms with Gasteiger partial charge in [-0.2, -0.15) is 0 Å². The van der Waals surface area contributed by atoms with Gasteiger partial charge in [0.05, 0.1) is 24.1 Å². The first-order chi connectivity index (χ1) is 13.9. The zero-order valence-electron chi connectivity index (χ0n) is 17.6. The van der Waals surface area contributed by atoms with Gasteiger partial charge in [0.15, 0.2) is 10.9 Å². The van der Waals surface area contributed by atoms with E-state index in [1.165, 1.54) is 11.8 Å². The van der Waals surface area contributed by atoms with Crippen molar-refractivity contribution >= 4 is 17.5 Å². The number of hydrogen-bond donors (Lipinski definition) is 0. The summed E-state index contributed by atoms with van der Waals surface area (Å²) in [5, 5.41) is 0.624. The largest absolute Gasteiger partial charge is 0.383 e. The molecule has 2 heterocycles. The lowest BCUT2D eigenvalue weighted by Gasteiger charge is -2.17. The van der Waals surface area contributed by atoms with E-state index in [0.717, 1.165) is 33.9 Å². The number of benzene rings is 1. The molecule has 0 amide bonds. The first-order valence-electron chi connectivity index (χ1n) is 9.65. The molecule has 29 heavy (non-hydrogen) atoms. The third-order valence-corrected chi connectivity index (χ3v) is 5.72.